The minimum Gasteiger partial charge on any atom is -0.407 e. The molecule has 0 bridgehead atoms. The number of rotatable bonds is 5. The van der Waals surface area contributed by atoms with Crippen LogP contribution < -0.4 is 15.5 Å². The van der Waals surface area contributed by atoms with Gasteiger partial charge in [-0.1, -0.05) is 16.4 Å². The Morgan fingerprint density at radius 3 is 2.79 bits per heavy atom. The maximum absolute atomic E-state index is 11.0. The van der Waals surface area contributed by atoms with E-state index in [1.165, 1.54) is 0 Å². The van der Waals surface area contributed by atoms with Crippen LogP contribution in [0.5, 0.6) is 0 Å². The molecule has 2 heterocycles. The molecule has 0 saturated carbocycles. The Labute approximate surface area is 114 Å². The summed E-state index contributed by atoms with van der Waals surface area (Å²) in [5, 5.41) is 15.8. The molecule has 2 aromatic heterocycles. The lowest BCUT2D eigenvalue weighted by Crippen LogP contribution is -2.35. The highest BCUT2D eigenvalue weighted by molar-refractivity contribution is 7.07. The number of nitrogens with one attached hydrogen (secondary N) is 3. The third-order valence-electron chi connectivity index (χ3n) is 2.24. The highest BCUT2D eigenvalue weighted by Gasteiger charge is 2.12. The number of aromatic nitrogens is 3. The Morgan fingerprint density at radius 1 is 1.37 bits per heavy atom. The predicted octanol–water partition coefficient (Wildman–Crippen LogP) is 1.32. The van der Waals surface area contributed by atoms with Gasteiger partial charge < -0.3 is 20.0 Å². The summed E-state index contributed by atoms with van der Waals surface area (Å²) >= 11 is 1.13. The number of hydrogen-bond donors (Lipinski definition) is 3. The molecule has 0 atom stereocenters. The molecule has 0 fully saturated rings. The molecule has 0 unspecified atom stereocenters. The van der Waals surface area contributed by atoms with Gasteiger partial charge in [0, 0.05) is 16.6 Å². The maximum Gasteiger partial charge on any atom is 0.315 e. The van der Waals surface area contributed by atoms with Crippen molar-refractivity contribution >= 4 is 17.4 Å². The van der Waals surface area contributed by atoms with Gasteiger partial charge in [0.15, 0.2) is 0 Å². The molecule has 8 heteroatoms. The van der Waals surface area contributed by atoms with Crippen LogP contribution in [-0.4, -0.2) is 20.7 Å². The SMILES string of the molecule is CC(C)(C)NCc1nnc(NCc2csc(=O)[nH]2)o1. The summed E-state index contributed by atoms with van der Waals surface area (Å²) in [6.07, 6.45) is 0. The van der Waals surface area contributed by atoms with E-state index in [-0.39, 0.29) is 10.4 Å². The summed E-state index contributed by atoms with van der Waals surface area (Å²) in [5.41, 5.74) is 0.792. The van der Waals surface area contributed by atoms with Crippen LogP contribution in [0.3, 0.4) is 0 Å². The molecule has 7 nitrogen and oxygen atoms in total. The van der Waals surface area contributed by atoms with Crippen molar-refractivity contribution in [2.24, 2.45) is 0 Å². The van der Waals surface area contributed by atoms with Crippen molar-refractivity contribution < 1.29 is 4.42 Å². The fourth-order valence-corrected chi connectivity index (χ4v) is 1.89. The predicted molar refractivity (Wildman–Crippen MR) is 73.2 cm³/mol. The number of aromatic amines is 1. The van der Waals surface area contributed by atoms with Crippen molar-refractivity contribution in [3.8, 4) is 0 Å². The Morgan fingerprint density at radius 2 is 2.16 bits per heavy atom. The van der Waals surface area contributed by atoms with E-state index in [2.05, 4.69) is 46.6 Å². The zero-order chi connectivity index (χ0) is 13.9. The van der Waals surface area contributed by atoms with Crippen LogP contribution in [-0.2, 0) is 13.1 Å². The highest BCUT2D eigenvalue weighted by Crippen LogP contribution is 2.08. The summed E-state index contributed by atoms with van der Waals surface area (Å²) in [7, 11) is 0. The van der Waals surface area contributed by atoms with E-state index in [1.54, 1.807) is 5.38 Å². The van der Waals surface area contributed by atoms with E-state index in [4.69, 9.17) is 4.42 Å². The van der Waals surface area contributed by atoms with Crippen molar-refractivity contribution in [3.63, 3.8) is 0 Å². The first-order chi connectivity index (χ1) is 8.92. The minimum atomic E-state index is -0.0719. The van der Waals surface area contributed by atoms with E-state index in [1.807, 2.05) is 0 Å². The molecular formula is C11H17N5O2S. The lowest BCUT2D eigenvalue weighted by molar-refractivity contribution is 0.383. The lowest BCUT2D eigenvalue weighted by Gasteiger charge is -2.18. The van der Waals surface area contributed by atoms with Gasteiger partial charge in [0.05, 0.1) is 13.1 Å². The summed E-state index contributed by atoms with van der Waals surface area (Å²) in [5.74, 6) is 0.524. The third kappa shape index (κ3) is 4.49. The fraction of sp³-hybridized carbons (Fsp3) is 0.545. The first-order valence-electron chi connectivity index (χ1n) is 5.90. The smallest absolute Gasteiger partial charge is 0.315 e. The van der Waals surface area contributed by atoms with E-state index in [0.29, 0.717) is 25.0 Å². The van der Waals surface area contributed by atoms with E-state index in [9.17, 15) is 4.79 Å². The number of hydrogen-bond acceptors (Lipinski definition) is 7. The molecular weight excluding hydrogens is 266 g/mol. The molecule has 0 aromatic carbocycles. The molecule has 0 saturated heterocycles. The average molecular weight is 283 g/mol. The zero-order valence-electron chi connectivity index (χ0n) is 11.1. The molecule has 0 aliphatic rings. The van der Waals surface area contributed by atoms with Crippen LogP contribution in [0.1, 0.15) is 32.4 Å². The maximum atomic E-state index is 11.0. The average Bonchev–Trinajstić information content (AvgIpc) is 2.92. The molecule has 0 amide bonds. The van der Waals surface area contributed by atoms with Gasteiger partial charge in [-0.15, -0.1) is 5.10 Å². The van der Waals surface area contributed by atoms with Crippen LogP contribution in [0.25, 0.3) is 0 Å². The zero-order valence-corrected chi connectivity index (χ0v) is 11.9. The Balaban J connectivity index is 1.85. The van der Waals surface area contributed by atoms with Gasteiger partial charge in [0.1, 0.15) is 0 Å². The molecule has 0 spiro atoms. The van der Waals surface area contributed by atoms with Gasteiger partial charge in [0.2, 0.25) is 5.89 Å². The Kier molecular flexibility index (Phi) is 4.01. The molecule has 104 valence electrons. The molecule has 0 aliphatic heterocycles. The summed E-state index contributed by atoms with van der Waals surface area (Å²) in [4.78, 5) is 13.6. The van der Waals surface area contributed by atoms with Crippen molar-refractivity contribution in [1.29, 1.82) is 0 Å². The van der Waals surface area contributed by atoms with Gasteiger partial charge in [-0.2, -0.15) is 0 Å². The number of thiazole rings is 1. The van der Waals surface area contributed by atoms with Crippen LogP contribution in [0, 0.1) is 0 Å². The van der Waals surface area contributed by atoms with Crippen LogP contribution in [0.15, 0.2) is 14.6 Å². The second-order valence-electron chi connectivity index (χ2n) is 5.13. The van der Waals surface area contributed by atoms with Gasteiger partial charge in [-0.3, -0.25) is 4.79 Å². The monoisotopic (exact) mass is 283 g/mol. The molecule has 3 N–H and O–H groups in total. The highest BCUT2D eigenvalue weighted by atomic mass is 32.1. The molecule has 0 aliphatic carbocycles. The normalized spacial score (nSPS) is 11.7. The summed E-state index contributed by atoms with van der Waals surface area (Å²) < 4.78 is 5.42. The minimum absolute atomic E-state index is 0.00176. The summed E-state index contributed by atoms with van der Waals surface area (Å²) in [6.45, 7) is 7.17. The van der Waals surface area contributed by atoms with Crippen LogP contribution in [0.2, 0.25) is 0 Å². The standard InChI is InChI=1S/C11H17N5O2S/c1-11(2,3)13-5-8-15-16-9(18-8)12-4-7-6-19-10(17)14-7/h6,13H,4-5H2,1-3H3,(H,12,16)(H,14,17). The second kappa shape index (κ2) is 5.54. The first-order valence-corrected chi connectivity index (χ1v) is 6.78. The largest absolute Gasteiger partial charge is 0.407 e. The van der Waals surface area contributed by atoms with Gasteiger partial charge in [0.25, 0.3) is 0 Å². The molecule has 2 rings (SSSR count). The molecule has 0 radical (unpaired) electrons. The van der Waals surface area contributed by atoms with Crippen molar-refractivity contribution in [2.45, 2.75) is 39.4 Å². The van der Waals surface area contributed by atoms with E-state index < -0.39 is 0 Å². The van der Waals surface area contributed by atoms with Gasteiger partial charge in [-0.25, -0.2) is 0 Å². The van der Waals surface area contributed by atoms with Crippen molar-refractivity contribution in [3.05, 3.63) is 26.6 Å². The second-order valence-corrected chi connectivity index (χ2v) is 5.97. The quantitative estimate of drug-likeness (QED) is 0.766. The number of nitrogens with zero attached hydrogens (tertiary/aromatic N) is 2. The molecule has 2 aromatic rings. The van der Waals surface area contributed by atoms with Crippen molar-refractivity contribution in [1.82, 2.24) is 20.5 Å². The van der Waals surface area contributed by atoms with Crippen molar-refractivity contribution in [2.75, 3.05) is 5.32 Å². The van der Waals surface area contributed by atoms with Gasteiger partial charge in [-0.05, 0) is 20.8 Å². The topological polar surface area (TPSA) is 95.8 Å². The van der Waals surface area contributed by atoms with Crippen LogP contribution >= 0.6 is 11.3 Å². The third-order valence-corrected chi connectivity index (χ3v) is 2.96. The summed E-state index contributed by atoms with van der Waals surface area (Å²) in [6, 6.07) is 0.345. The Hall–Kier alpha value is -1.67. The van der Waals surface area contributed by atoms with E-state index >= 15 is 0 Å². The number of H-pyrrole nitrogens is 1. The lowest BCUT2D eigenvalue weighted by atomic mass is 10.1. The molecule has 19 heavy (non-hydrogen) atoms. The van der Waals surface area contributed by atoms with Crippen LogP contribution in [0.4, 0.5) is 6.01 Å². The number of anilines is 1. The van der Waals surface area contributed by atoms with E-state index in [0.717, 1.165) is 17.0 Å². The fourth-order valence-electron chi connectivity index (χ4n) is 1.31. The van der Waals surface area contributed by atoms with Gasteiger partial charge >= 0.3 is 10.9 Å². The Bertz CT molecular complexity index is 580. The first kappa shape index (κ1) is 13.8.